The highest BCUT2D eigenvalue weighted by atomic mass is 79.9. The first-order valence-electron chi connectivity index (χ1n) is 8.24. The number of rotatable bonds is 11. The van der Waals surface area contributed by atoms with Crippen LogP contribution in [0.4, 0.5) is 0 Å². The van der Waals surface area contributed by atoms with E-state index in [-0.39, 0.29) is 0 Å². The third-order valence-electron chi connectivity index (χ3n) is 3.86. The molecule has 0 aliphatic carbocycles. The van der Waals surface area contributed by atoms with Gasteiger partial charge < -0.3 is 0 Å². The molecule has 1 aromatic carbocycles. The number of unbranched alkanes of at least 4 members (excludes halogenated alkanes) is 8. The Bertz CT molecular complexity index is 393. The molecular weight excluding hydrogens is 367 g/mol. The van der Waals surface area contributed by atoms with Crippen LogP contribution in [0.2, 0.25) is 10.0 Å². The second-order valence-corrected chi connectivity index (χ2v) is 7.70. The van der Waals surface area contributed by atoms with Gasteiger partial charge in [-0.2, -0.15) is 0 Å². The van der Waals surface area contributed by atoms with Crippen molar-refractivity contribution in [1.29, 1.82) is 0 Å². The maximum Gasteiger partial charge on any atom is 0.0450 e. The Morgan fingerprint density at radius 3 is 2.10 bits per heavy atom. The SMILES string of the molecule is CCCCCCCCCCCC(Br)c1cc(Cl)ccc1Cl. The Morgan fingerprint density at radius 2 is 1.48 bits per heavy atom. The van der Waals surface area contributed by atoms with Gasteiger partial charge in [-0.15, -0.1) is 0 Å². The van der Waals surface area contributed by atoms with Gasteiger partial charge in [0.25, 0.3) is 0 Å². The molecule has 0 fully saturated rings. The maximum atomic E-state index is 6.23. The molecular formula is C18H27BrCl2. The van der Waals surface area contributed by atoms with Crippen molar-refractivity contribution >= 4 is 39.1 Å². The zero-order valence-electron chi connectivity index (χ0n) is 13.0. The zero-order chi connectivity index (χ0) is 15.5. The van der Waals surface area contributed by atoms with Crippen LogP contribution in [0, 0.1) is 0 Å². The lowest BCUT2D eigenvalue weighted by molar-refractivity contribution is 0.556. The van der Waals surface area contributed by atoms with E-state index < -0.39 is 0 Å². The normalized spacial score (nSPS) is 12.6. The summed E-state index contributed by atoms with van der Waals surface area (Å²) in [5.41, 5.74) is 1.11. The highest BCUT2D eigenvalue weighted by molar-refractivity contribution is 9.09. The van der Waals surface area contributed by atoms with Gasteiger partial charge in [0.1, 0.15) is 0 Å². The standard InChI is InChI=1S/C18H27BrCl2/c1-2-3-4-5-6-7-8-9-10-11-17(19)16-14-15(20)12-13-18(16)21/h12-14,17H,2-11H2,1H3. The van der Waals surface area contributed by atoms with Crippen LogP contribution in [0.5, 0.6) is 0 Å². The summed E-state index contributed by atoms with van der Waals surface area (Å²) in [7, 11) is 0. The van der Waals surface area contributed by atoms with Crippen LogP contribution in [-0.4, -0.2) is 0 Å². The number of hydrogen-bond acceptors (Lipinski definition) is 0. The third-order valence-corrected chi connectivity index (χ3v) is 5.39. The molecule has 1 aromatic rings. The van der Waals surface area contributed by atoms with Crippen molar-refractivity contribution < 1.29 is 0 Å². The molecule has 0 N–H and O–H groups in total. The Labute approximate surface area is 148 Å². The minimum atomic E-state index is 0.313. The number of hydrogen-bond donors (Lipinski definition) is 0. The number of benzene rings is 1. The summed E-state index contributed by atoms with van der Waals surface area (Å²) in [4.78, 5) is 0.313. The van der Waals surface area contributed by atoms with Gasteiger partial charge >= 0.3 is 0 Å². The van der Waals surface area contributed by atoms with Crippen molar-refractivity contribution in [2.75, 3.05) is 0 Å². The topological polar surface area (TPSA) is 0 Å². The highest BCUT2D eigenvalue weighted by Gasteiger charge is 2.11. The van der Waals surface area contributed by atoms with E-state index in [2.05, 4.69) is 22.9 Å². The van der Waals surface area contributed by atoms with Gasteiger partial charge in [-0.05, 0) is 30.2 Å². The zero-order valence-corrected chi connectivity index (χ0v) is 16.1. The number of alkyl halides is 1. The lowest BCUT2D eigenvalue weighted by Crippen LogP contribution is -1.92. The van der Waals surface area contributed by atoms with Gasteiger partial charge in [0, 0.05) is 14.9 Å². The van der Waals surface area contributed by atoms with Crippen molar-refractivity contribution in [2.45, 2.75) is 76.0 Å². The first-order valence-corrected chi connectivity index (χ1v) is 9.91. The van der Waals surface area contributed by atoms with Gasteiger partial charge in [-0.1, -0.05) is 104 Å². The van der Waals surface area contributed by atoms with Crippen molar-refractivity contribution in [3.8, 4) is 0 Å². The molecule has 0 bridgehead atoms. The van der Waals surface area contributed by atoms with Crippen LogP contribution < -0.4 is 0 Å². The van der Waals surface area contributed by atoms with E-state index in [1.54, 1.807) is 0 Å². The second-order valence-electron chi connectivity index (χ2n) is 5.75. The fourth-order valence-electron chi connectivity index (χ4n) is 2.54. The minimum Gasteiger partial charge on any atom is -0.0843 e. The van der Waals surface area contributed by atoms with E-state index in [9.17, 15) is 0 Å². The van der Waals surface area contributed by atoms with E-state index in [1.165, 1.54) is 57.8 Å². The fraction of sp³-hybridized carbons (Fsp3) is 0.667. The molecule has 1 unspecified atom stereocenters. The summed E-state index contributed by atoms with van der Waals surface area (Å²) in [5, 5.41) is 1.56. The molecule has 0 saturated carbocycles. The first kappa shape index (κ1) is 19.3. The molecule has 0 nitrogen and oxygen atoms in total. The molecule has 0 radical (unpaired) electrons. The molecule has 0 saturated heterocycles. The van der Waals surface area contributed by atoms with Gasteiger partial charge in [0.2, 0.25) is 0 Å². The van der Waals surface area contributed by atoms with Crippen molar-refractivity contribution in [2.24, 2.45) is 0 Å². The van der Waals surface area contributed by atoms with Crippen LogP contribution in [0.1, 0.15) is 81.5 Å². The van der Waals surface area contributed by atoms with Crippen LogP contribution in [-0.2, 0) is 0 Å². The Morgan fingerprint density at radius 1 is 0.905 bits per heavy atom. The quantitative estimate of drug-likeness (QED) is 0.261. The molecule has 0 heterocycles. The summed E-state index contributed by atoms with van der Waals surface area (Å²) in [6.45, 7) is 2.27. The summed E-state index contributed by atoms with van der Waals surface area (Å²) < 4.78 is 0. The summed E-state index contributed by atoms with van der Waals surface area (Å²) in [5.74, 6) is 0. The van der Waals surface area contributed by atoms with Gasteiger partial charge in [-0.25, -0.2) is 0 Å². The molecule has 1 rings (SSSR count). The lowest BCUT2D eigenvalue weighted by atomic mass is 10.0. The highest BCUT2D eigenvalue weighted by Crippen LogP contribution is 2.35. The Kier molecular flexibility index (Phi) is 10.9. The van der Waals surface area contributed by atoms with Crippen LogP contribution in [0.25, 0.3) is 0 Å². The van der Waals surface area contributed by atoms with E-state index >= 15 is 0 Å². The second kappa shape index (κ2) is 11.8. The monoisotopic (exact) mass is 392 g/mol. The lowest BCUT2D eigenvalue weighted by Gasteiger charge is -2.12. The number of halogens is 3. The van der Waals surface area contributed by atoms with E-state index in [1.807, 2.05) is 18.2 Å². The molecule has 0 aliphatic heterocycles. The average Bonchev–Trinajstić information content (AvgIpc) is 2.48. The summed E-state index contributed by atoms with van der Waals surface area (Å²) in [6, 6.07) is 5.69. The Balaban J connectivity index is 2.11. The van der Waals surface area contributed by atoms with Gasteiger partial charge in [0.15, 0.2) is 0 Å². The van der Waals surface area contributed by atoms with Gasteiger partial charge in [-0.3, -0.25) is 0 Å². The summed E-state index contributed by atoms with van der Waals surface area (Å²) in [6.07, 6.45) is 13.4. The van der Waals surface area contributed by atoms with E-state index in [0.29, 0.717) is 4.83 Å². The van der Waals surface area contributed by atoms with Crippen LogP contribution in [0.15, 0.2) is 18.2 Å². The van der Waals surface area contributed by atoms with Crippen LogP contribution in [0.3, 0.4) is 0 Å². The van der Waals surface area contributed by atoms with Crippen LogP contribution >= 0.6 is 39.1 Å². The molecule has 0 aliphatic rings. The molecule has 0 spiro atoms. The minimum absolute atomic E-state index is 0.313. The predicted octanol–water partition coefficient (Wildman–Crippen LogP) is 8.35. The maximum absolute atomic E-state index is 6.23. The Hall–Kier alpha value is 0.280. The van der Waals surface area contributed by atoms with E-state index in [0.717, 1.165) is 22.0 Å². The van der Waals surface area contributed by atoms with Crippen molar-refractivity contribution in [3.63, 3.8) is 0 Å². The fourth-order valence-corrected chi connectivity index (χ4v) is 3.81. The largest absolute Gasteiger partial charge is 0.0843 e. The molecule has 0 amide bonds. The molecule has 3 heteroatoms. The summed E-state index contributed by atoms with van der Waals surface area (Å²) >= 11 is 16.0. The molecule has 0 aromatic heterocycles. The molecule has 120 valence electrons. The van der Waals surface area contributed by atoms with Gasteiger partial charge in [0.05, 0.1) is 0 Å². The van der Waals surface area contributed by atoms with E-state index in [4.69, 9.17) is 23.2 Å². The third kappa shape index (κ3) is 8.47. The van der Waals surface area contributed by atoms with Crippen molar-refractivity contribution in [3.05, 3.63) is 33.8 Å². The predicted molar refractivity (Wildman–Crippen MR) is 100.0 cm³/mol. The average molecular weight is 394 g/mol. The smallest absolute Gasteiger partial charge is 0.0450 e. The first-order chi connectivity index (χ1) is 10.1. The van der Waals surface area contributed by atoms with Crippen molar-refractivity contribution in [1.82, 2.24) is 0 Å². The molecule has 21 heavy (non-hydrogen) atoms. The molecule has 1 atom stereocenters.